The van der Waals surface area contributed by atoms with Crippen molar-refractivity contribution in [3.05, 3.63) is 42.5 Å². The van der Waals surface area contributed by atoms with Crippen molar-refractivity contribution in [2.45, 2.75) is 6.54 Å². The number of hydrogen-bond donors (Lipinski definition) is 0. The summed E-state index contributed by atoms with van der Waals surface area (Å²) in [6, 6.07) is 7.44. The van der Waals surface area contributed by atoms with Gasteiger partial charge in [0.15, 0.2) is 0 Å². The van der Waals surface area contributed by atoms with Crippen molar-refractivity contribution in [2.24, 2.45) is 0 Å². The molecule has 0 spiro atoms. The molecule has 128 valence electrons. The van der Waals surface area contributed by atoms with Crippen LogP contribution in [0.1, 0.15) is 5.56 Å². The Morgan fingerprint density at radius 3 is 2.35 bits per heavy atom. The summed E-state index contributed by atoms with van der Waals surface area (Å²) in [6.07, 6.45) is 1.62. The van der Waals surface area contributed by atoms with E-state index in [0.29, 0.717) is 26.2 Å². The summed E-state index contributed by atoms with van der Waals surface area (Å²) in [5.74, 6) is 0.756. The average molecular weight is 339 g/mol. The fraction of sp³-hybridized carbons (Fsp3) is 0.500. The minimum Gasteiger partial charge on any atom is -0.497 e. The van der Waals surface area contributed by atoms with Crippen LogP contribution in [0.5, 0.6) is 5.75 Å². The average Bonchev–Trinajstić information content (AvgIpc) is 2.55. The molecule has 0 radical (unpaired) electrons. The highest BCUT2D eigenvalue weighted by Crippen LogP contribution is 2.17. The predicted molar refractivity (Wildman–Crippen MR) is 91.6 cm³/mol. The lowest BCUT2D eigenvalue weighted by Gasteiger charge is -2.35. The predicted octanol–water partition coefficient (Wildman–Crippen LogP) is 1.18. The fourth-order valence-electron chi connectivity index (χ4n) is 2.50. The maximum absolute atomic E-state index is 12.9. The van der Waals surface area contributed by atoms with Crippen molar-refractivity contribution in [3.63, 3.8) is 0 Å². The highest BCUT2D eigenvalue weighted by Gasteiger charge is 2.31. The Morgan fingerprint density at radius 1 is 1.22 bits per heavy atom. The molecule has 1 aliphatic heterocycles. The Morgan fingerprint density at radius 2 is 1.83 bits per heavy atom. The summed E-state index contributed by atoms with van der Waals surface area (Å²) in [4.78, 5) is 2.13. The van der Waals surface area contributed by atoms with Crippen LogP contribution in [0.3, 0.4) is 0 Å². The molecule has 0 aliphatic carbocycles. The molecule has 0 N–H and O–H groups in total. The summed E-state index contributed by atoms with van der Waals surface area (Å²) >= 11 is 0. The lowest BCUT2D eigenvalue weighted by Crippen LogP contribution is -2.51. The van der Waals surface area contributed by atoms with Gasteiger partial charge in [-0.25, -0.2) is 0 Å². The van der Waals surface area contributed by atoms with Gasteiger partial charge in [-0.1, -0.05) is 18.2 Å². The van der Waals surface area contributed by atoms with Gasteiger partial charge < -0.3 is 9.64 Å². The number of piperazine rings is 1. The van der Waals surface area contributed by atoms with Crippen LogP contribution in [-0.4, -0.2) is 68.8 Å². The van der Waals surface area contributed by atoms with E-state index in [1.54, 1.807) is 17.5 Å². The summed E-state index contributed by atoms with van der Waals surface area (Å²) in [6.45, 7) is 6.86. The topological polar surface area (TPSA) is 53.1 Å². The first-order valence-electron chi connectivity index (χ1n) is 7.65. The number of methoxy groups -OCH3 is 1. The second-order valence-corrected chi connectivity index (χ2v) is 7.57. The van der Waals surface area contributed by atoms with Gasteiger partial charge in [0.2, 0.25) is 0 Å². The van der Waals surface area contributed by atoms with Crippen molar-refractivity contribution in [3.8, 4) is 5.75 Å². The molecule has 0 atom stereocenters. The van der Waals surface area contributed by atoms with Gasteiger partial charge in [0.25, 0.3) is 10.2 Å². The monoisotopic (exact) mass is 339 g/mol. The van der Waals surface area contributed by atoms with Crippen LogP contribution in [0.2, 0.25) is 0 Å². The third-order valence-corrected chi connectivity index (χ3v) is 5.91. The van der Waals surface area contributed by atoms with E-state index in [2.05, 4.69) is 11.5 Å². The molecule has 1 fully saturated rings. The number of benzene rings is 1. The van der Waals surface area contributed by atoms with E-state index in [4.69, 9.17) is 4.74 Å². The van der Waals surface area contributed by atoms with E-state index in [0.717, 1.165) is 24.4 Å². The maximum Gasteiger partial charge on any atom is 0.282 e. The van der Waals surface area contributed by atoms with Crippen molar-refractivity contribution in [1.29, 1.82) is 0 Å². The molecule has 1 saturated heterocycles. The van der Waals surface area contributed by atoms with Gasteiger partial charge in [0.05, 0.1) is 7.11 Å². The van der Waals surface area contributed by atoms with Gasteiger partial charge in [-0.15, -0.1) is 6.58 Å². The van der Waals surface area contributed by atoms with Crippen molar-refractivity contribution >= 4 is 10.2 Å². The lowest BCUT2D eigenvalue weighted by molar-refractivity contribution is 0.212. The summed E-state index contributed by atoms with van der Waals surface area (Å²) in [7, 11) is 0.125. The van der Waals surface area contributed by atoms with Crippen LogP contribution in [0.25, 0.3) is 0 Å². The molecule has 7 heteroatoms. The number of hydrogen-bond acceptors (Lipinski definition) is 4. The summed E-state index contributed by atoms with van der Waals surface area (Å²) in [5.41, 5.74) is 0.922. The number of rotatable bonds is 7. The standard InChI is InChI=1S/C16H25N3O3S/c1-4-9-19(14-15-5-7-16(22-3)8-6-15)23(20,21)18-12-10-17(2)11-13-18/h4-8H,1,9-14H2,2-3H3. The van der Waals surface area contributed by atoms with E-state index in [1.807, 2.05) is 31.3 Å². The molecule has 0 aromatic heterocycles. The molecule has 1 aromatic carbocycles. The van der Waals surface area contributed by atoms with Crippen LogP contribution in [0, 0.1) is 0 Å². The van der Waals surface area contributed by atoms with Crippen molar-refractivity contribution in [2.75, 3.05) is 46.9 Å². The fourth-order valence-corrected chi connectivity index (χ4v) is 4.06. The molecule has 0 bridgehead atoms. The van der Waals surface area contributed by atoms with Gasteiger partial charge in [0.1, 0.15) is 5.75 Å². The Kier molecular flexibility index (Phi) is 6.17. The van der Waals surface area contributed by atoms with Crippen LogP contribution >= 0.6 is 0 Å². The molecule has 1 aromatic rings. The number of ether oxygens (including phenoxy) is 1. The van der Waals surface area contributed by atoms with Crippen molar-refractivity contribution < 1.29 is 13.2 Å². The van der Waals surface area contributed by atoms with E-state index in [1.165, 1.54) is 4.31 Å². The first-order chi connectivity index (χ1) is 11.0. The van der Waals surface area contributed by atoms with Gasteiger partial charge in [0, 0.05) is 39.3 Å². The van der Waals surface area contributed by atoms with Crippen molar-refractivity contribution in [1.82, 2.24) is 13.5 Å². The van der Waals surface area contributed by atoms with Crippen LogP contribution < -0.4 is 4.74 Å². The molecule has 6 nitrogen and oxygen atoms in total. The Hall–Kier alpha value is -1.41. The van der Waals surface area contributed by atoms with E-state index in [-0.39, 0.29) is 0 Å². The zero-order chi connectivity index (χ0) is 16.9. The molecular weight excluding hydrogens is 314 g/mol. The van der Waals surface area contributed by atoms with E-state index < -0.39 is 10.2 Å². The third kappa shape index (κ3) is 4.54. The highest BCUT2D eigenvalue weighted by atomic mass is 32.2. The first kappa shape index (κ1) is 17.9. The Labute approximate surface area is 139 Å². The molecule has 0 amide bonds. The second kappa shape index (κ2) is 7.92. The first-order valence-corrected chi connectivity index (χ1v) is 9.04. The zero-order valence-electron chi connectivity index (χ0n) is 13.8. The van der Waals surface area contributed by atoms with Crippen LogP contribution in [-0.2, 0) is 16.8 Å². The van der Waals surface area contributed by atoms with Gasteiger partial charge in [-0.2, -0.15) is 17.0 Å². The molecule has 23 heavy (non-hydrogen) atoms. The van der Waals surface area contributed by atoms with Gasteiger partial charge in [-0.05, 0) is 24.7 Å². The van der Waals surface area contributed by atoms with Crippen LogP contribution in [0.4, 0.5) is 0 Å². The minimum atomic E-state index is -3.49. The highest BCUT2D eigenvalue weighted by molar-refractivity contribution is 7.86. The van der Waals surface area contributed by atoms with Gasteiger partial charge >= 0.3 is 0 Å². The maximum atomic E-state index is 12.9. The quantitative estimate of drug-likeness (QED) is 0.700. The summed E-state index contributed by atoms with van der Waals surface area (Å²) < 4.78 is 33.9. The minimum absolute atomic E-state index is 0.292. The van der Waals surface area contributed by atoms with E-state index in [9.17, 15) is 8.42 Å². The van der Waals surface area contributed by atoms with E-state index >= 15 is 0 Å². The Balaban J connectivity index is 2.13. The zero-order valence-corrected chi connectivity index (χ0v) is 14.6. The molecule has 0 unspecified atom stereocenters. The number of likely N-dealkylation sites (N-methyl/N-ethyl adjacent to an activating group) is 1. The van der Waals surface area contributed by atoms with Gasteiger partial charge in [-0.3, -0.25) is 0 Å². The molecule has 1 heterocycles. The smallest absolute Gasteiger partial charge is 0.282 e. The molecule has 2 rings (SSSR count). The Bertz CT molecular complexity index is 608. The van der Waals surface area contributed by atoms with Crippen LogP contribution in [0.15, 0.2) is 36.9 Å². The second-order valence-electron chi connectivity index (χ2n) is 5.64. The largest absolute Gasteiger partial charge is 0.497 e. The molecule has 1 aliphatic rings. The molecular formula is C16H25N3O3S. The summed E-state index contributed by atoms with van der Waals surface area (Å²) in [5, 5.41) is 0. The number of nitrogens with zero attached hydrogens (tertiary/aromatic N) is 3. The normalized spacial score (nSPS) is 17.3. The third-order valence-electron chi connectivity index (χ3n) is 3.97. The SMILES string of the molecule is C=CCN(Cc1ccc(OC)cc1)S(=O)(=O)N1CCN(C)CC1. The molecule has 0 saturated carbocycles. The lowest BCUT2D eigenvalue weighted by atomic mass is 10.2.